The summed E-state index contributed by atoms with van der Waals surface area (Å²) >= 11 is 3.10. The number of aromatic nitrogens is 2. The summed E-state index contributed by atoms with van der Waals surface area (Å²) in [6, 6.07) is 5.69. The number of hydrogen-bond acceptors (Lipinski definition) is 5. The molecule has 0 unspecified atom stereocenters. The maximum Gasteiger partial charge on any atom is 0.233 e. The Labute approximate surface area is 139 Å². The number of thioether (sulfide) groups is 1. The first kappa shape index (κ1) is 17.0. The van der Waals surface area contributed by atoms with Crippen LogP contribution in [0.2, 0.25) is 0 Å². The molecular formula is C16H21N3OS2. The molecule has 1 amide bonds. The van der Waals surface area contributed by atoms with Crippen molar-refractivity contribution in [2.45, 2.75) is 49.9 Å². The Bertz CT molecular complexity index is 620. The topological polar surface area (TPSA) is 54.9 Å². The molecular weight excluding hydrogens is 314 g/mol. The first-order valence-electron chi connectivity index (χ1n) is 7.16. The summed E-state index contributed by atoms with van der Waals surface area (Å²) < 4.78 is 0. The number of carbonyl (C=O) groups is 1. The van der Waals surface area contributed by atoms with E-state index in [0.717, 1.165) is 15.7 Å². The Hall–Kier alpha value is -1.40. The van der Waals surface area contributed by atoms with E-state index < -0.39 is 0 Å². The van der Waals surface area contributed by atoms with E-state index in [-0.39, 0.29) is 16.6 Å². The quantitative estimate of drug-likeness (QED) is 0.848. The Morgan fingerprint density at radius 2 is 2.18 bits per heavy atom. The van der Waals surface area contributed by atoms with Gasteiger partial charge in [0.05, 0.1) is 27.5 Å². The second-order valence-corrected chi connectivity index (χ2v) is 8.26. The molecule has 2 heterocycles. The Morgan fingerprint density at radius 1 is 1.41 bits per heavy atom. The van der Waals surface area contributed by atoms with Crippen LogP contribution in [0.4, 0.5) is 0 Å². The van der Waals surface area contributed by atoms with Crippen molar-refractivity contribution < 1.29 is 4.79 Å². The lowest BCUT2D eigenvalue weighted by molar-refractivity contribution is -0.120. The van der Waals surface area contributed by atoms with Crippen molar-refractivity contribution in [1.29, 1.82) is 0 Å². The number of amides is 1. The van der Waals surface area contributed by atoms with Crippen LogP contribution in [-0.2, 0) is 16.8 Å². The third kappa shape index (κ3) is 4.81. The van der Waals surface area contributed by atoms with Crippen molar-refractivity contribution in [3.05, 3.63) is 40.5 Å². The summed E-state index contributed by atoms with van der Waals surface area (Å²) in [7, 11) is 0. The molecule has 22 heavy (non-hydrogen) atoms. The highest BCUT2D eigenvalue weighted by atomic mass is 32.2. The average molecular weight is 335 g/mol. The van der Waals surface area contributed by atoms with E-state index in [1.165, 1.54) is 11.8 Å². The van der Waals surface area contributed by atoms with Crippen molar-refractivity contribution in [3.63, 3.8) is 0 Å². The lowest BCUT2D eigenvalue weighted by atomic mass is 9.98. The van der Waals surface area contributed by atoms with Gasteiger partial charge < -0.3 is 5.32 Å². The molecule has 2 aromatic rings. The van der Waals surface area contributed by atoms with Crippen molar-refractivity contribution in [3.8, 4) is 0 Å². The molecule has 2 aromatic heterocycles. The van der Waals surface area contributed by atoms with Crippen LogP contribution in [0.25, 0.3) is 0 Å². The largest absolute Gasteiger partial charge is 0.349 e. The van der Waals surface area contributed by atoms with Gasteiger partial charge in [0.1, 0.15) is 0 Å². The molecule has 2 rings (SSSR count). The van der Waals surface area contributed by atoms with Gasteiger partial charge in [-0.25, -0.2) is 9.97 Å². The molecule has 1 N–H and O–H groups in total. The van der Waals surface area contributed by atoms with Crippen LogP contribution in [0, 0.1) is 0 Å². The predicted octanol–water partition coefficient (Wildman–Crippen LogP) is 3.63. The number of rotatable bonds is 5. The maximum atomic E-state index is 12.1. The van der Waals surface area contributed by atoms with E-state index in [1.807, 2.05) is 30.5 Å². The molecule has 0 aromatic carbocycles. The zero-order chi connectivity index (χ0) is 16.2. The van der Waals surface area contributed by atoms with Gasteiger partial charge in [0, 0.05) is 17.0 Å². The zero-order valence-electron chi connectivity index (χ0n) is 13.3. The Morgan fingerprint density at radius 3 is 2.77 bits per heavy atom. The van der Waals surface area contributed by atoms with Crippen molar-refractivity contribution in [2.24, 2.45) is 0 Å². The summed E-state index contributed by atoms with van der Waals surface area (Å²) in [6.45, 7) is 8.77. The highest BCUT2D eigenvalue weighted by molar-refractivity contribution is 8.00. The molecule has 0 radical (unpaired) electrons. The summed E-state index contributed by atoms with van der Waals surface area (Å²) in [4.78, 5) is 20.9. The first-order valence-corrected chi connectivity index (χ1v) is 8.92. The number of nitrogens with zero attached hydrogens (tertiary/aromatic N) is 2. The van der Waals surface area contributed by atoms with E-state index in [2.05, 4.69) is 36.1 Å². The van der Waals surface area contributed by atoms with Crippen LogP contribution in [0.15, 0.2) is 34.8 Å². The van der Waals surface area contributed by atoms with Gasteiger partial charge >= 0.3 is 0 Å². The molecule has 0 aliphatic heterocycles. The SMILES string of the molecule is C[C@H](Sc1ccccn1)C(=O)NCc1csc(C(C)(C)C)n1. The van der Waals surface area contributed by atoms with E-state index >= 15 is 0 Å². The van der Waals surface area contributed by atoms with E-state index in [0.29, 0.717) is 6.54 Å². The second-order valence-electron chi connectivity index (χ2n) is 6.04. The number of carbonyl (C=O) groups excluding carboxylic acids is 1. The Kier molecular flexibility index (Phi) is 5.58. The minimum Gasteiger partial charge on any atom is -0.349 e. The standard InChI is InChI=1S/C16H21N3OS2/c1-11(22-13-7-5-6-8-17-13)14(20)18-9-12-10-21-15(19-12)16(2,3)4/h5-8,10-11H,9H2,1-4H3,(H,18,20)/t11-/m0/s1. The van der Waals surface area contributed by atoms with Crippen molar-refractivity contribution >= 4 is 29.0 Å². The number of hydrogen-bond donors (Lipinski definition) is 1. The molecule has 0 aliphatic carbocycles. The molecule has 1 atom stereocenters. The Balaban J connectivity index is 1.86. The van der Waals surface area contributed by atoms with Gasteiger partial charge in [-0.3, -0.25) is 4.79 Å². The molecule has 0 saturated heterocycles. The molecule has 118 valence electrons. The van der Waals surface area contributed by atoms with Crippen LogP contribution >= 0.6 is 23.1 Å². The third-order valence-electron chi connectivity index (χ3n) is 2.94. The van der Waals surface area contributed by atoms with Gasteiger partial charge in [-0.1, -0.05) is 38.6 Å². The van der Waals surface area contributed by atoms with Gasteiger partial charge in [0.2, 0.25) is 5.91 Å². The average Bonchev–Trinajstić information content (AvgIpc) is 2.94. The van der Waals surface area contributed by atoms with Crippen LogP contribution in [-0.4, -0.2) is 21.1 Å². The van der Waals surface area contributed by atoms with Gasteiger partial charge in [-0.15, -0.1) is 11.3 Å². The molecule has 0 aliphatic rings. The smallest absolute Gasteiger partial charge is 0.233 e. The molecule has 6 heteroatoms. The summed E-state index contributed by atoms with van der Waals surface area (Å²) in [6.07, 6.45) is 1.73. The molecule has 0 spiro atoms. The van der Waals surface area contributed by atoms with Gasteiger partial charge in [-0.2, -0.15) is 0 Å². The van der Waals surface area contributed by atoms with Gasteiger partial charge in [-0.05, 0) is 19.1 Å². The van der Waals surface area contributed by atoms with Gasteiger partial charge in [0.15, 0.2) is 0 Å². The summed E-state index contributed by atoms with van der Waals surface area (Å²) in [5.41, 5.74) is 0.966. The van der Waals surface area contributed by atoms with E-state index in [1.54, 1.807) is 17.5 Å². The van der Waals surface area contributed by atoms with Crippen molar-refractivity contribution in [2.75, 3.05) is 0 Å². The minimum absolute atomic E-state index is 0.000890. The predicted molar refractivity (Wildman–Crippen MR) is 92.2 cm³/mol. The second kappa shape index (κ2) is 7.24. The van der Waals surface area contributed by atoms with Crippen LogP contribution in [0.1, 0.15) is 38.4 Å². The molecule has 0 bridgehead atoms. The molecule has 0 saturated carbocycles. The van der Waals surface area contributed by atoms with E-state index in [9.17, 15) is 4.79 Å². The third-order valence-corrected chi connectivity index (χ3v) is 5.31. The lowest BCUT2D eigenvalue weighted by Gasteiger charge is -2.13. The summed E-state index contributed by atoms with van der Waals surface area (Å²) in [5, 5.41) is 6.71. The number of pyridine rings is 1. The highest BCUT2D eigenvalue weighted by Crippen LogP contribution is 2.25. The fourth-order valence-corrected chi connectivity index (χ4v) is 3.44. The fourth-order valence-electron chi connectivity index (χ4n) is 1.71. The normalized spacial score (nSPS) is 12.9. The van der Waals surface area contributed by atoms with Crippen molar-refractivity contribution in [1.82, 2.24) is 15.3 Å². The van der Waals surface area contributed by atoms with E-state index in [4.69, 9.17) is 0 Å². The zero-order valence-corrected chi connectivity index (χ0v) is 14.9. The minimum atomic E-state index is -0.185. The van der Waals surface area contributed by atoms with Crippen LogP contribution < -0.4 is 5.32 Å². The maximum absolute atomic E-state index is 12.1. The van der Waals surface area contributed by atoms with Crippen LogP contribution in [0.3, 0.4) is 0 Å². The van der Waals surface area contributed by atoms with Crippen LogP contribution in [0.5, 0.6) is 0 Å². The number of nitrogens with one attached hydrogen (secondary N) is 1. The lowest BCUT2D eigenvalue weighted by Crippen LogP contribution is -2.30. The summed E-state index contributed by atoms with van der Waals surface area (Å²) in [5.74, 6) is 0.000890. The first-order chi connectivity index (χ1) is 10.4. The number of thiazole rings is 1. The molecule has 4 nitrogen and oxygen atoms in total. The molecule has 0 fully saturated rings. The van der Waals surface area contributed by atoms with Gasteiger partial charge in [0.25, 0.3) is 0 Å². The monoisotopic (exact) mass is 335 g/mol. The highest BCUT2D eigenvalue weighted by Gasteiger charge is 2.19. The fraction of sp³-hybridized carbons (Fsp3) is 0.438.